The van der Waals surface area contributed by atoms with Gasteiger partial charge in [-0.25, -0.2) is 9.67 Å². The molecular weight excluding hydrogens is 398 g/mol. The van der Waals surface area contributed by atoms with Crippen LogP contribution in [0.1, 0.15) is 21.6 Å². The molecule has 0 aliphatic heterocycles. The predicted molar refractivity (Wildman–Crippen MR) is 83.6 cm³/mol. The first-order valence-corrected chi connectivity index (χ1v) is 7.99. The summed E-state index contributed by atoms with van der Waals surface area (Å²) in [5, 5.41) is 7.24. The fraction of sp³-hybridized carbons (Fsp3) is 0.133. The Hall–Kier alpha value is -2.89. The van der Waals surface area contributed by atoms with Crippen molar-refractivity contribution < 1.29 is 31.1 Å². The molecule has 0 spiro atoms. The molecule has 0 unspecified atom stereocenters. The molecule has 0 fully saturated rings. The number of hydrogen-bond acceptors (Lipinski definition) is 4. The molecule has 27 heavy (non-hydrogen) atoms. The van der Waals surface area contributed by atoms with Crippen LogP contribution in [0.3, 0.4) is 0 Å². The molecule has 1 N–H and O–H groups in total. The summed E-state index contributed by atoms with van der Waals surface area (Å²) in [6, 6.07) is 3.22. The number of aromatic nitrogens is 3. The van der Waals surface area contributed by atoms with Crippen molar-refractivity contribution in [2.24, 2.45) is 0 Å². The third-order valence-electron chi connectivity index (χ3n) is 3.35. The van der Waals surface area contributed by atoms with Gasteiger partial charge in [0.2, 0.25) is 0 Å². The van der Waals surface area contributed by atoms with Crippen LogP contribution >= 0.6 is 11.3 Å². The number of carbonyl (C=O) groups excluding carboxylic acids is 1. The van der Waals surface area contributed by atoms with Crippen molar-refractivity contribution in [1.82, 2.24) is 14.8 Å². The molecule has 0 bridgehead atoms. The van der Waals surface area contributed by atoms with Gasteiger partial charge in [0.1, 0.15) is 0 Å². The van der Waals surface area contributed by atoms with Crippen molar-refractivity contribution in [2.75, 3.05) is 5.32 Å². The second kappa shape index (κ2) is 6.68. The van der Waals surface area contributed by atoms with Gasteiger partial charge < -0.3 is 0 Å². The number of carbonyl (C=O) groups is 1. The Bertz CT molecular complexity index is 962. The van der Waals surface area contributed by atoms with Crippen molar-refractivity contribution in [3.63, 3.8) is 0 Å². The van der Waals surface area contributed by atoms with Gasteiger partial charge in [-0.2, -0.15) is 31.4 Å². The van der Waals surface area contributed by atoms with Gasteiger partial charge in [-0.05, 0) is 18.2 Å². The number of nitrogens with zero attached hydrogens (tertiary/aromatic N) is 3. The molecule has 1 aromatic carbocycles. The Balaban J connectivity index is 2.07. The van der Waals surface area contributed by atoms with Crippen LogP contribution in [-0.2, 0) is 12.4 Å². The number of thiazole rings is 1. The van der Waals surface area contributed by atoms with Gasteiger partial charge in [0, 0.05) is 11.6 Å². The van der Waals surface area contributed by atoms with Crippen LogP contribution in [0.4, 0.5) is 31.5 Å². The maximum absolute atomic E-state index is 13.5. The number of alkyl halides is 6. The second-order valence-electron chi connectivity index (χ2n) is 5.16. The van der Waals surface area contributed by atoms with Crippen LogP contribution in [0.5, 0.6) is 0 Å². The monoisotopic (exact) mass is 406 g/mol. The van der Waals surface area contributed by atoms with Crippen LogP contribution in [0.25, 0.3) is 5.69 Å². The van der Waals surface area contributed by atoms with Crippen molar-refractivity contribution >= 4 is 22.4 Å². The highest BCUT2D eigenvalue weighted by molar-refractivity contribution is 7.13. The van der Waals surface area contributed by atoms with E-state index in [1.165, 1.54) is 11.6 Å². The minimum Gasteiger partial charge on any atom is -0.298 e. The highest BCUT2D eigenvalue weighted by Gasteiger charge is 2.41. The van der Waals surface area contributed by atoms with Crippen LogP contribution < -0.4 is 5.32 Å². The molecule has 5 nitrogen and oxygen atoms in total. The third-order valence-corrected chi connectivity index (χ3v) is 4.04. The highest BCUT2D eigenvalue weighted by Crippen LogP contribution is 2.35. The summed E-state index contributed by atoms with van der Waals surface area (Å²) in [7, 11) is 0. The molecule has 0 saturated heterocycles. The molecule has 2 aromatic heterocycles. The van der Waals surface area contributed by atoms with Crippen LogP contribution in [0, 0.1) is 0 Å². The Morgan fingerprint density at radius 2 is 1.85 bits per heavy atom. The maximum atomic E-state index is 13.5. The summed E-state index contributed by atoms with van der Waals surface area (Å²) >= 11 is 0.991. The lowest BCUT2D eigenvalue weighted by Crippen LogP contribution is -2.21. The zero-order chi connectivity index (χ0) is 19.8. The van der Waals surface area contributed by atoms with Gasteiger partial charge in [-0.15, -0.1) is 11.3 Å². The molecule has 2 heterocycles. The number of amides is 1. The first-order chi connectivity index (χ1) is 12.6. The van der Waals surface area contributed by atoms with E-state index in [0.717, 1.165) is 29.5 Å². The average Bonchev–Trinajstić information content (AvgIpc) is 3.22. The third kappa shape index (κ3) is 3.94. The molecule has 1 amide bonds. The van der Waals surface area contributed by atoms with Crippen molar-refractivity contribution in [3.8, 4) is 5.69 Å². The molecule has 12 heteroatoms. The van der Waals surface area contributed by atoms with E-state index in [0.29, 0.717) is 12.3 Å². The lowest BCUT2D eigenvalue weighted by Gasteiger charge is -2.14. The zero-order valence-corrected chi connectivity index (χ0v) is 13.8. The fourth-order valence-electron chi connectivity index (χ4n) is 2.25. The average molecular weight is 406 g/mol. The smallest absolute Gasteiger partial charge is 0.298 e. The standard InChI is InChI=1S/C15H8F6N4OS/c16-14(17,18)8-2-1-3-9(6-8)25-11(15(19,20)21)10(7-23-25)12(26)24-13-22-4-5-27-13/h1-7H,(H,22,24,26). The van der Waals surface area contributed by atoms with E-state index in [4.69, 9.17) is 0 Å². The van der Waals surface area contributed by atoms with E-state index in [-0.39, 0.29) is 9.81 Å². The molecule has 3 aromatic rings. The van der Waals surface area contributed by atoms with E-state index < -0.39 is 40.8 Å². The Kier molecular flexibility index (Phi) is 4.68. The summed E-state index contributed by atoms with van der Waals surface area (Å²) in [4.78, 5) is 15.9. The number of nitrogens with one attached hydrogen (secondary N) is 1. The van der Waals surface area contributed by atoms with E-state index >= 15 is 0 Å². The number of anilines is 1. The van der Waals surface area contributed by atoms with Crippen molar-refractivity contribution in [1.29, 1.82) is 0 Å². The normalized spacial score (nSPS) is 12.2. The largest absolute Gasteiger partial charge is 0.434 e. The molecule has 0 radical (unpaired) electrons. The van der Waals surface area contributed by atoms with Gasteiger partial charge in [0.15, 0.2) is 10.8 Å². The van der Waals surface area contributed by atoms with E-state index in [1.54, 1.807) is 0 Å². The summed E-state index contributed by atoms with van der Waals surface area (Å²) in [6.07, 6.45) is -7.80. The fourth-order valence-corrected chi connectivity index (χ4v) is 2.77. The van der Waals surface area contributed by atoms with Crippen LogP contribution in [-0.4, -0.2) is 20.7 Å². The summed E-state index contributed by atoms with van der Waals surface area (Å²) in [5.74, 6) is -1.13. The molecule has 0 aliphatic rings. The number of hydrogen-bond donors (Lipinski definition) is 1. The zero-order valence-electron chi connectivity index (χ0n) is 13.0. The molecule has 0 saturated carbocycles. The number of halogens is 6. The van der Waals surface area contributed by atoms with Crippen molar-refractivity contribution in [3.05, 3.63) is 58.9 Å². The van der Waals surface area contributed by atoms with E-state index in [9.17, 15) is 31.1 Å². The molecular formula is C15H8F6N4OS. The Morgan fingerprint density at radius 3 is 2.44 bits per heavy atom. The Labute approximate surface area is 151 Å². The summed E-state index contributed by atoms with van der Waals surface area (Å²) < 4.78 is 79.4. The maximum Gasteiger partial charge on any atom is 0.434 e. The second-order valence-corrected chi connectivity index (χ2v) is 6.05. The molecule has 0 aliphatic carbocycles. The number of benzene rings is 1. The van der Waals surface area contributed by atoms with Crippen LogP contribution in [0.15, 0.2) is 42.0 Å². The quantitative estimate of drug-likeness (QED) is 0.646. The first kappa shape index (κ1) is 18.9. The van der Waals surface area contributed by atoms with E-state index in [2.05, 4.69) is 15.4 Å². The predicted octanol–water partition coefficient (Wildman–Crippen LogP) is 4.62. The van der Waals surface area contributed by atoms with Gasteiger partial charge in [-0.1, -0.05) is 6.07 Å². The van der Waals surface area contributed by atoms with Gasteiger partial charge in [-0.3, -0.25) is 10.1 Å². The van der Waals surface area contributed by atoms with Gasteiger partial charge in [0.25, 0.3) is 5.91 Å². The van der Waals surface area contributed by atoms with Gasteiger partial charge in [0.05, 0.1) is 23.0 Å². The van der Waals surface area contributed by atoms with Crippen molar-refractivity contribution in [2.45, 2.75) is 12.4 Å². The summed E-state index contributed by atoms with van der Waals surface area (Å²) in [5.41, 5.74) is -3.95. The van der Waals surface area contributed by atoms with E-state index in [1.807, 2.05) is 0 Å². The Morgan fingerprint density at radius 1 is 1.11 bits per heavy atom. The minimum atomic E-state index is -5.04. The minimum absolute atomic E-state index is 0.0694. The van der Waals surface area contributed by atoms with Gasteiger partial charge >= 0.3 is 12.4 Å². The lowest BCUT2D eigenvalue weighted by molar-refractivity contribution is -0.143. The summed E-state index contributed by atoms with van der Waals surface area (Å²) in [6.45, 7) is 0. The molecule has 3 rings (SSSR count). The number of rotatable bonds is 3. The molecule has 0 atom stereocenters. The first-order valence-electron chi connectivity index (χ1n) is 7.11. The topological polar surface area (TPSA) is 59.8 Å². The van der Waals surface area contributed by atoms with Crippen LogP contribution in [0.2, 0.25) is 0 Å². The SMILES string of the molecule is O=C(Nc1nccs1)c1cnn(-c2cccc(C(F)(F)F)c2)c1C(F)(F)F. The highest BCUT2D eigenvalue weighted by atomic mass is 32.1. The lowest BCUT2D eigenvalue weighted by atomic mass is 10.1. The molecule has 142 valence electrons.